The van der Waals surface area contributed by atoms with E-state index in [0.717, 1.165) is 19.3 Å². The summed E-state index contributed by atoms with van der Waals surface area (Å²) in [7, 11) is 0. The summed E-state index contributed by atoms with van der Waals surface area (Å²) in [5.41, 5.74) is 0. The fourth-order valence-corrected chi connectivity index (χ4v) is 2.66. The Morgan fingerprint density at radius 2 is 1.25 bits per heavy atom. The summed E-state index contributed by atoms with van der Waals surface area (Å²) in [5.74, 6) is 0. The molecule has 0 aromatic heterocycles. The number of amides is 1. The molecule has 3 heteroatoms. The summed E-state index contributed by atoms with van der Waals surface area (Å²) in [4.78, 5) is 10.3. The standard InChI is InChI=1S/C21H39NO2/c1-2-3-4-5-6-7-8-9-10-11-12-13-14-15-16-17-18-19-20-22-21(23)24/h6-7,9-10,22H,2-5,8,11-20H2,1H3,(H,23,24)/b7-6+,10-9+. The van der Waals surface area contributed by atoms with Crippen LogP contribution in [0.3, 0.4) is 0 Å². The number of allylic oxidation sites excluding steroid dienone is 4. The third kappa shape index (κ3) is 20.8. The Labute approximate surface area is 149 Å². The zero-order valence-corrected chi connectivity index (χ0v) is 15.8. The van der Waals surface area contributed by atoms with Gasteiger partial charge in [-0.2, -0.15) is 0 Å². The molecule has 3 nitrogen and oxygen atoms in total. The van der Waals surface area contributed by atoms with Crippen LogP contribution in [0, 0.1) is 0 Å². The van der Waals surface area contributed by atoms with Gasteiger partial charge in [-0.05, 0) is 38.5 Å². The number of hydrogen-bond donors (Lipinski definition) is 2. The zero-order valence-electron chi connectivity index (χ0n) is 15.8. The summed E-state index contributed by atoms with van der Waals surface area (Å²) in [6.45, 7) is 2.84. The lowest BCUT2D eigenvalue weighted by molar-refractivity contribution is 0.194. The number of rotatable bonds is 17. The predicted molar refractivity (Wildman–Crippen MR) is 105 cm³/mol. The molecule has 0 rings (SSSR count). The van der Waals surface area contributed by atoms with Gasteiger partial charge in [0.05, 0.1) is 0 Å². The molecule has 140 valence electrons. The number of hydrogen-bond acceptors (Lipinski definition) is 1. The molecule has 0 fully saturated rings. The summed E-state index contributed by atoms with van der Waals surface area (Å²) >= 11 is 0. The third-order valence-electron chi connectivity index (χ3n) is 4.15. The van der Waals surface area contributed by atoms with Crippen molar-refractivity contribution in [2.75, 3.05) is 6.54 Å². The minimum atomic E-state index is -0.910. The SMILES string of the molecule is CCCCC/C=C/C/C=C/CCCCCCCCCCNC(=O)O. The van der Waals surface area contributed by atoms with E-state index in [-0.39, 0.29) is 0 Å². The largest absolute Gasteiger partial charge is 0.465 e. The number of carboxylic acid groups (broad SMARTS) is 1. The molecule has 0 aliphatic carbocycles. The Kier molecular flexibility index (Phi) is 18.8. The molecule has 24 heavy (non-hydrogen) atoms. The van der Waals surface area contributed by atoms with Crippen molar-refractivity contribution >= 4 is 6.09 Å². The van der Waals surface area contributed by atoms with Gasteiger partial charge in [-0.1, -0.05) is 82.6 Å². The van der Waals surface area contributed by atoms with Gasteiger partial charge in [0, 0.05) is 6.54 Å². The lowest BCUT2D eigenvalue weighted by Crippen LogP contribution is -2.21. The van der Waals surface area contributed by atoms with Crippen molar-refractivity contribution in [1.82, 2.24) is 5.32 Å². The molecule has 0 radical (unpaired) electrons. The summed E-state index contributed by atoms with van der Waals surface area (Å²) in [6, 6.07) is 0. The highest BCUT2D eigenvalue weighted by molar-refractivity contribution is 5.64. The normalized spacial score (nSPS) is 11.5. The van der Waals surface area contributed by atoms with Gasteiger partial charge >= 0.3 is 6.09 Å². The Hall–Kier alpha value is -1.25. The number of carbonyl (C=O) groups is 1. The van der Waals surface area contributed by atoms with Gasteiger partial charge < -0.3 is 10.4 Å². The quantitative estimate of drug-likeness (QED) is 0.225. The highest BCUT2D eigenvalue weighted by Crippen LogP contribution is 2.10. The molecule has 0 heterocycles. The molecular weight excluding hydrogens is 298 g/mol. The van der Waals surface area contributed by atoms with Crippen LogP contribution in [0.2, 0.25) is 0 Å². The van der Waals surface area contributed by atoms with Crippen molar-refractivity contribution in [1.29, 1.82) is 0 Å². The van der Waals surface area contributed by atoms with E-state index in [2.05, 4.69) is 36.5 Å². The smallest absolute Gasteiger partial charge is 0.404 e. The first kappa shape index (κ1) is 22.8. The summed E-state index contributed by atoms with van der Waals surface area (Å²) < 4.78 is 0. The Bertz CT molecular complexity index is 324. The van der Waals surface area contributed by atoms with Crippen molar-refractivity contribution in [3.8, 4) is 0 Å². The molecule has 0 unspecified atom stereocenters. The molecule has 0 aromatic carbocycles. The number of nitrogens with one attached hydrogen (secondary N) is 1. The Balaban J connectivity index is 3.14. The first-order chi connectivity index (χ1) is 11.8. The van der Waals surface area contributed by atoms with E-state index in [1.807, 2.05) is 0 Å². The van der Waals surface area contributed by atoms with Crippen molar-refractivity contribution < 1.29 is 9.90 Å². The lowest BCUT2D eigenvalue weighted by Gasteiger charge is -2.02. The van der Waals surface area contributed by atoms with Crippen LogP contribution >= 0.6 is 0 Å². The molecule has 0 saturated carbocycles. The van der Waals surface area contributed by atoms with Gasteiger partial charge in [0.1, 0.15) is 0 Å². The monoisotopic (exact) mass is 337 g/mol. The van der Waals surface area contributed by atoms with Gasteiger partial charge in [-0.25, -0.2) is 4.79 Å². The van der Waals surface area contributed by atoms with Gasteiger partial charge in [0.2, 0.25) is 0 Å². The van der Waals surface area contributed by atoms with Gasteiger partial charge in [0.15, 0.2) is 0 Å². The first-order valence-corrected chi connectivity index (χ1v) is 10.0. The molecule has 2 N–H and O–H groups in total. The molecule has 0 aliphatic rings. The van der Waals surface area contributed by atoms with E-state index < -0.39 is 6.09 Å². The van der Waals surface area contributed by atoms with Crippen LogP contribution in [0.4, 0.5) is 4.79 Å². The second-order valence-electron chi connectivity index (χ2n) is 6.52. The van der Waals surface area contributed by atoms with Crippen molar-refractivity contribution in [2.24, 2.45) is 0 Å². The van der Waals surface area contributed by atoms with Crippen LogP contribution in [-0.4, -0.2) is 17.7 Å². The van der Waals surface area contributed by atoms with Crippen LogP contribution in [0.5, 0.6) is 0 Å². The van der Waals surface area contributed by atoms with E-state index in [4.69, 9.17) is 5.11 Å². The maximum absolute atomic E-state index is 10.3. The van der Waals surface area contributed by atoms with E-state index in [0.29, 0.717) is 6.54 Å². The van der Waals surface area contributed by atoms with Crippen molar-refractivity contribution in [3.63, 3.8) is 0 Å². The van der Waals surface area contributed by atoms with Crippen LogP contribution < -0.4 is 5.32 Å². The van der Waals surface area contributed by atoms with Crippen molar-refractivity contribution in [2.45, 2.75) is 96.8 Å². The summed E-state index contributed by atoms with van der Waals surface area (Å²) in [6.07, 6.45) is 25.7. The minimum absolute atomic E-state index is 0.593. The van der Waals surface area contributed by atoms with Gasteiger partial charge in [0.25, 0.3) is 0 Å². The molecule has 0 aliphatic heterocycles. The van der Waals surface area contributed by atoms with E-state index in [1.54, 1.807) is 0 Å². The lowest BCUT2D eigenvalue weighted by atomic mass is 10.1. The fourth-order valence-electron chi connectivity index (χ4n) is 2.66. The second kappa shape index (κ2) is 19.8. The molecule has 0 saturated heterocycles. The average Bonchev–Trinajstić information content (AvgIpc) is 2.56. The molecule has 0 bridgehead atoms. The maximum atomic E-state index is 10.3. The predicted octanol–water partition coefficient (Wildman–Crippen LogP) is 6.85. The Morgan fingerprint density at radius 1 is 0.750 bits per heavy atom. The van der Waals surface area contributed by atoms with Crippen molar-refractivity contribution in [3.05, 3.63) is 24.3 Å². The van der Waals surface area contributed by atoms with Crippen LogP contribution in [0.25, 0.3) is 0 Å². The fraction of sp³-hybridized carbons (Fsp3) is 0.762. The van der Waals surface area contributed by atoms with Crippen LogP contribution in [-0.2, 0) is 0 Å². The zero-order chi connectivity index (χ0) is 17.7. The molecule has 0 spiro atoms. The topological polar surface area (TPSA) is 49.3 Å². The summed E-state index contributed by atoms with van der Waals surface area (Å²) in [5, 5.41) is 10.8. The highest BCUT2D eigenvalue weighted by atomic mass is 16.4. The Morgan fingerprint density at radius 3 is 1.79 bits per heavy atom. The highest BCUT2D eigenvalue weighted by Gasteiger charge is 1.94. The minimum Gasteiger partial charge on any atom is -0.465 e. The van der Waals surface area contributed by atoms with E-state index in [9.17, 15) is 4.79 Å². The van der Waals surface area contributed by atoms with Gasteiger partial charge in [-0.15, -0.1) is 0 Å². The second-order valence-corrected chi connectivity index (χ2v) is 6.52. The van der Waals surface area contributed by atoms with Crippen LogP contribution in [0.1, 0.15) is 96.8 Å². The molecule has 0 atom stereocenters. The molecule has 0 aromatic rings. The third-order valence-corrected chi connectivity index (χ3v) is 4.15. The molecule has 1 amide bonds. The molecular formula is C21H39NO2. The average molecular weight is 338 g/mol. The first-order valence-electron chi connectivity index (χ1n) is 10.0. The maximum Gasteiger partial charge on any atom is 0.404 e. The van der Waals surface area contributed by atoms with Gasteiger partial charge in [-0.3, -0.25) is 0 Å². The van der Waals surface area contributed by atoms with Crippen LogP contribution in [0.15, 0.2) is 24.3 Å². The van der Waals surface area contributed by atoms with E-state index in [1.165, 1.54) is 70.6 Å². The number of unbranched alkanes of at least 4 members (excludes halogenated alkanes) is 11. The van der Waals surface area contributed by atoms with E-state index >= 15 is 0 Å².